The summed E-state index contributed by atoms with van der Waals surface area (Å²) >= 11 is 2.97. The number of nitro benzene ring substituents is 1. The van der Waals surface area contributed by atoms with Gasteiger partial charge >= 0.3 is 0 Å². The molecule has 0 aromatic heterocycles. The van der Waals surface area contributed by atoms with E-state index in [9.17, 15) is 19.3 Å². The molecule has 8 heteroatoms. The molecule has 1 unspecified atom stereocenters. The average Bonchev–Trinajstić information content (AvgIpc) is 2.65. The summed E-state index contributed by atoms with van der Waals surface area (Å²) in [6, 6.07) is 1.59. The number of rotatable bonds is 3. The Bertz CT molecular complexity index is 552. The molecule has 19 heavy (non-hydrogen) atoms. The fraction of sp³-hybridized carbons (Fsp3) is 0.364. The minimum Gasteiger partial charge on any atom is -0.368 e. The van der Waals surface area contributed by atoms with E-state index in [4.69, 9.17) is 0 Å². The molecule has 1 amide bonds. The SMILES string of the molecule is CN1CCC(Nc2cc(Br)c(F)cc2[N+](=O)[O-])C1=O. The summed E-state index contributed by atoms with van der Waals surface area (Å²) in [5, 5.41) is 13.7. The molecule has 1 fully saturated rings. The fourth-order valence-corrected chi connectivity index (χ4v) is 2.29. The molecule has 1 saturated heterocycles. The number of carbonyl (C=O) groups excluding carboxylic acids is 1. The van der Waals surface area contributed by atoms with Crippen molar-refractivity contribution in [3.05, 3.63) is 32.5 Å². The van der Waals surface area contributed by atoms with Gasteiger partial charge in [-0.1, -0.05) is 0 Å². The van der Waals surface area contributed by atoms with Gasteiger partial charge < -0.3 is 10.2 Å². The van der Waals surface area contributed by atoms with Gasteiger partial charge in [0.05, 0.1) is 15.5 Å². The van der Waals surface area contributed by atoms with Crippen molar-refractivity contribution in [2.45, 2.75) is 12.5 Å². The molecule has 1 aliphatic heterocycles. The average molecular weight is 332 g/mol. The number of hydrogen-bond donors (Lipinski definition) is 1. The molecule has 2 rings (SSSR count). The molecule has 0 saturated carbocycles. The zero-order valence-electron chi connectivity index (χ0n) is 10.0. The number of amides is 1. The van der Waals surface area contributed by atoms with Gasteiger partial charge in [0.15, 0.2) is 0 Å². The van der Waals surface area contributed by atoms with Crippen LogP contribution in [0.25, 0.3) is 0 Å². The van der Waals surface area contributed by atoms with Crippen LogP contribution in [0.3, 0.4) is 0 Å². The summed E-state index contributed by atoms with van der Waals surface area (Å²) in [4.78, 5) is 23.5. The van der Waals surface area contributed by atoms with E-state index in [0.717, 1.165) is 6.07 Å². The van der Waals surface area contributed by atoms with Gasteiger partial charge in [-0.3, -0.25) is 14.9 Å². The predicted molar refractivity (Wildman–Crippen MR) is 70.4 cm³/mol. The van der Waals surface area contributed by atoms with Crippen molar-refractivity contribution in [1.29, 1.82) is 0 Å². The third-order valence-corrected chi connectivity index (χ3v) is 3.60. The summed E-state index contributed by atoms with van der Waals surface area (Å²) in [7, 11) is 1.67. The van der Waals surface area contributed by atoms with Crippen molar-refractivity contribution in [2.75, 3.05) is 18.9 Å². The zero-order valence-corrected chi connectivity index (χ0v) is 11.6. The van der Waals surface area contributed by atoms with Crippen molar-refractivity contribution < 1.29 is 14.1 Å². The second kappa shape index (κ2) is 5.12. The smallest absolute Gasteiger partial charge is 0.295 e. The summed E-state index contributed by atoms with van der Waals surface area (Å²) in [5.41, 5.74) is -0.255. The molecule has 1 aromatic rings. The summed E-state index contributed by atoms with van der Waals surface area (Å²) in [6.07, 6.45) is 0.557. The highest BCUT2D eigenvalue weighted by molar-refractivity contribution is 9.10. The van der Waals surface area contributed by atoms with Crippen molar-refractivity contribution in [1.82, 2.24) is 4.90 Å². The van der Waals surface area contributed by atoms with E-state index in [2.05, 4.69) is 21.2 Å². The molecule has 102 valence electrons. The van der Waals surface area contributed by atoms with E-state index in [1.807, 2.05) is 0 Å². The van der Waals surface area contributed by atoms with E-state index in [1.54, 1.807) is 11.9 Å². The number of halogens is 2. The number of hydrogen-bond acceptors (Lipinski definition) is 4. The van der Waals surface area contributed by atoms with Crippen molar-refractivity contribution in [3.8, 4) is 0 Å². The molecular weight excluding hydrogens is 321 g/mol. The molecule has 1 atom stereocenters. The Morgan fingerprint density at radius 1 is 1.58 bits per heavy atom. The lowest BCUT2D eigenvalue weighted by molar-refractivity contribution is -0.384. The van der Waals surface area contributed by atoms with Crippen LogP contribution in [0.5, 0.6) is 0 Å². The Hall–Kier alpha value is -1.70. The second-order valence-electron chi connectivity index (χ2n) is 4.29. The normalized spacial score (nSPS) is 18.8. The first-order valence-corrected chi connectivity index (χ1v) is 6.34. The zero-order chi connectivity index (χ0) is 14.2. The number of nitrogens with zero attached hydrogens (tertiary/aromatic N) is 2. The highest BCUT2D eigenvalue weighted by Crippen LogP contribution is 2.31. The Morgan fingerprint density at radius 2 is 2.26 bits per heavy atom. The van der Waals surface area contributed by atoms with Crippen LogP contribution >= 0.6 is 15.9 Å². The van der Waals surface area contributed by atoms with E-state index in [1.165, 1.54) is 6.07 Å². The Labute approximate surface area is 116 Å². The van der Waals surface area contributed by atoms with Crippen molar-refractivity contribution in [3.63, 3.8) is 0 Å². The molecule has 1 heterocycles. The maximum atomic E-state index is 13.3. The molecule has 6 nitrogen and oxygen atoms in total. The number of nitrogens with one attached hydrogen (secondary N) is 1. The fourth-order valence-electron chi connectivity index (χ4n) is 1.95. The van der Waals surface area contributed by atoms with Crippen LogP contribution in [0, 0.1) is 15.9 Å². The number of likely N-dealkylation sites (tertiary alicyclic amines) is 1. The molecule has 0 spiro atoms. The lowest BCUT2D eigenvalue weighted by atomic mass is 10.2. The predicted octanol–water partition coefficient (Wildman–Crippen LogP) is 2.14. The minimum absolute atomic E-state index is 0.111. The first kappa shape index (κ1) is 13.7. The number of anilines is 1. The van der Waals surface area contributed by atoms with E-state index < -0.39 is 16.8 Å². The van der Waals surface area contributed by atoms with Crippen LogP contribution in [0.2, 0.25) is 0 Å². The van der Waals surface area contributed by atoms with Gasteiger partial charge in [-0.25, -0.2) is 4.39 Å². The van der Waals surface area contributed by atoms with Gasteiger partial charge in [0.25, 0.3) is 5.69 Å². The third-order valence-electron chi connectivity index (χ3n) is 2.99. The van der Waals surface area contributed by atoms with Crippen LogP contribution in [0.1, 0.15) is 6.42 Å². The standard InChI is InChI=1S/C11H11BrFN3O3/c1-15-3-2-8(11(15)17)14-9-4-6(12)7(13)5-10(9)16(18)19/h4-5,8,14H,2-3H2,1H3. The van der Waals surface area contributed by atoms with Gasteiger partial charge in [-0.15, -0.1) is 0 Å². The maximum absolute atomic E-state index is 13.3. The van der Waals surface area contributed by atoms with Crippen LogP contribution in [0.4, 0.5) is 15.8 Å². The molecule has 0 bridgehead atoms. The highest BCUT2D eigenvalue weighted by atomic mass is 79.9. The lowest BCUT2D eigenvalue weighted by Gasteiger charge is -2.14. The summed E-state index contributed by atoms with van der Waals surface area (Å²) in [6.45, 7) is 0.590. The quantitative estimate of drug-likeness (QED) is 0.680. The van der Waals surface area contributed by atoms with Gasteiger partial charge in [0.1, 0.15) is 17.5 Å². The van der Waals surface area contributed by atoms with Crippen LogP contribution in [-0.4, -0.2) is 35.4 Å². The molecule has 1 aromatic carbocycles. The first-order chi connectivity index (χ1) is 8.90. The Balaban J connectivity index is 2.32. The van der Waals surface area contributed by atoms with Gasteiger partial charge in [0, 0.05) is 13.6 Å². The van der Waals surface area contributed by atoms with Crippen LogP contribution < -0.4 is 5.32 Å². The molecule has 1 N–H and O–H groups in total. The number of carbonyl (C=O) groups is 1. The first-order valence-electron chi connectivity index (χ1n) is 5.55. The molecular formula is C11H11BrFN3O3. The Morgan fingerprint density at radius 3 is 2.79 bits per heavy atom. The summed E-state index contributed by atoms with van der Waals surface area (Å²) in [5.74, 6) is -0.845. The molecule has 1 aliphatic rings. The monoisotopic (exact) mass is 331 g/mol. The topological polar surface area (TPSA) is 75.5 Å². The third kappa shape index (κ3) is 2.67. The van der Waals surface area contributed by atoms with Crippen molar-refractivity contribution in [2.24, 2.45) is 0 Å². The largest absolute Gasteiger partial charge is 0.368 e. The minimum atomic E-state index is -0.716. The molecule has 0 radical (unpaired) electrons. The lowest BCUT2D eigenvalue weighted by Crippen LogP contribution is -2.31. The van der Waals surface area contributed by atoms with Gasteiger partial charge in [0.2, 0.25) is 5.91 Å². The number of nitro groups is 1. The van der Waals surface area contributed by atoms with Gasteiger partial charge in [-0.2, -0.15) is 0 Å². The molecule has 0 aliphatic carbocycles. The number of likely N-dealkylation sites (N-methyl/N-ethyl adjacent to an activating group) is 1. The highest BCUT2D eigenvalue weighted by Gasteiger charge is 2.31. The van der Waals surface area contributed by atoms with E-state index in [0.29, 0.717) is 13.0 Å². The van der Waals surface area contributed by atoms with E-state index >= 15 is 0 Å². The number of benzene rings is 1. The van der Waals surface area contributed by atoms with E-state index in [-0.39, 0.29) is 21.8 Å². The Kier molecular flexibility index (Phi) is 3.70. The van der Waals surface area contributed by atoms with Crippen LogP contribution in [-0.2, 0) is 4.79 Å². The summed E-state index contributed by atoms with van der Waals surface area (Å²) < 4.78 is 13.4. The second-order valence-corrected chi connectivity index (χ2v) is 5.14. The maximum Gasteiger partial charge on any atom is 0.295 e. The van der Waals surface area contributed by atoms with Gasteiger partial charge in [-0.05, 0) is 28.4 Å². The van der Waals surface area contributed by atoms with Crippen molar-refractivity contribution >= 4 is 33.2 Å². The van der Waals surface area contributed by atoms with Crippen LogP contribution in [0.15, 0.2) is 16.6 Å².